The molecule has 128 valence electrons. The summed E-state index contributed by atoms with van der Waals surface area (Å²) in [6, 6.07) is 2.08. The summed E-state index contributed by atoms with van der Waals surface area (Å²) in [5.74, 6) is 1.45. The number of nitrogens with zero attached hydrogens (tertiary/aromatic N) is 3. The van der Waals surface area contributed by atoms with Crippen molar-refractivity contribution in [3.63, 3.8) is 0 Å². The molecule has 2 aromatic rings. The Bertz CT molecular complexity index is 728. The molecule has 2 aliphatic rings. The van der Waals surface area contributed by atoms with Gasteiger partial charge in [0.15, 0.2) is 5.82 Å². The minimum atomic E-state index is -0.267. The Hall–Kier alpha value is -1.77. The summed E-state index contributed by atoms with van der Waals surface area (Å²) >= 11 is 1.75. The van der Waals surface area contributed by atoms with Crippen molar-refractivity contribution in [3.05, 3.63) is 33.5 Å². The van der Waals surface area contributed by atoms with Gasteiger partial charge < -0.3 is 14.4 Å². The number of fused-ring (bicyclic) bond motifs is 1. The molecular formula is C16H20N4O3S. The van der Waals surface area contributed by atoms with Crippen LogP contribution in [-0.4, -0.2) is 52.3 Å². The van der Waals surface area contributed by atoms with E-state index in [1.807, 2.05) is 11.8 Å². The standard InChI is InChI=1S/C16H20N4O3S/c1-10-17-16(19-18-10)13-9-20(4-6-23-13)15(21)8-12-11-3-7-24-14(11)2-5-22-12/h3,7,12-13H,2,4-6,8-9H2,1H3,(H,17,18,19)/t12-,13-/m1/s1. The molecule has 1 N–H and O–H groups in total. The van der Waals surface area contributed by atoms with E-state index in [-0.39, 0.29) is 18.1 Å². The molecule has 1 saturated heterocycles. The van der Waals surface area contributed by atoms with Crippen LogP contribution in [0.3, 0.4) is 0 Å². The number of hydrogen-bond acceptors (Lipinski definition) is 6. The Kier molecular flexibility index (Phi) is 4.34. The quantitative estimate of drug-likeness (QED) is 0.914. The van der Waals surface area contributed by atoms with Gasteiger partial charge in [0, 0.05) is 17.8 Å². The number of hydrogen-bond donors (Lipinski definition) is 1. The molecule has 7 nitrogen and oxygen atoms in total. The van der Waals surface area contributed by atoms with E-state index in [0.29, 0.717) is 38.5 Å². The number of rotatable bonds is 3. The topological polar surface area (TPSA) is 80.3 Å². The average Bonchev–Trinajstić information content (AvgIpc) is 3.24. The predicted molar refractivity (Wildman–Crippen MR) is 87.7 cm³/mol. The van der Waals surface area contributed by atoms with Gasteiger partial charge in [-0.05, 0) is 23.9 Å². The fourth-order valence-corrected chi connectivity index (χ4v) is 4.13. The summed E-state index contributed by atoms with van der Waals surface area (Å²) in [6.45, 7) is 4.12. The van der Waals surface area contributed by atoms with Crippen LogP contribution >= 0.6 is 11.3 Å². The van der Waals surface area contributed by atoms with E-state index in [1.165, 1.54) is 10.4 Å². The van der Waals surface area contributed by atoms with Crippen LogP contribution < -0.4 is 0 Å². The number of ether oxygens (including phenoxy) is 2. The monoisotopic (exact) mass is 348 g/mol. The van der Waals surface area contributed by atoms with Crippen molar-refractivity contribution in [2.24, 2.45) is 0 Å². The number of nitrogens with one attached hydrogen (secondary N) is 1. The molecule has 2 aromatic heterocycles. The highest BCUT2D eigenvalue weighted by Gasteiger charge is 2.31. The highest BCUT2D eigenvalue weighted by Crippen LogP contribution is 2.33. The highest BCUT2D eigenvalue weighted by atomic mass is 32.1. The molecule has 0 aliphatic carbocycles. The predicted octanol–water partition coefficient (Wildman–Crippen LogP) is 1.78. The van der Waals surface area contributed by atoms with Gasteiger partial charge >= 0.3 is 0 Å². The Morgan fingerprint density at radius 2 is 2.38 bits per heavy atom. The summed E-state index contributed by atoms with van der Waals surface area (Å²) in [6.07, 6.45) is 0.932. The molecule has 8 heteroatoms. The van der Waals surface area contributed by atoms with Gasteiger partial charge in [-0.15, -0.1) is 11.3 Å². The molecule has 1 fully saturated rings. The summed E-state index contributed by atoms with van der Waals surface area (Å²) in [4.78, 5) is 20.2. The maximum Gasteiger partial charge on any atom is 0.225 e. The number of carbonyl (C=O) groups excluding carboxylic acids is 1. The van der Waals surface area contributed by atoms with Gasteiger partial charge in [0.2, 0.25) is 5.91 Å². The average molecular weight is 348 g/mol. The molecule has 0 unspecified atom stereocenters. The number of carbonyl (C=O) groups is 1. The first-order valence-electron chi connectivity index (χ1n) is 8.17. The molecule has 4 rings (SSSR count). The first-order chi connectivity index (χ1) is 11.7. The van der Waals surface area contributed by atoms with Crippen molar-refractivity contribution in [3.8, 4) is 0 Å². The normalized spacial score (nSPS) is 24.0. The minimum absolute atomic E-state index is 0.0969. The lowest BCUT2D eigenvalue weighted by Gasteiger charge is -2.33. The maximum absolute atomic E-state index is 12.7. The van der Waals surface area contributed by atoms with Gasteiger partial charge in [-0.1, -0.05) is 0 Å². The van der Waals surface area contributed by atoms with E-state index in [2.05, 4.69) is 26.6 Å². The molecule has 1 amide bonds. The lowest BCUT2D eigenvalue weighted by atomic mass is 10.0. The van der Waals surface area contributed by atoms with E-state index < -0.39 is 0 Å². The Balaban J connectivity index is 1.42. The van der Waals surface area contributed by atoms with E-state index in [9.17, 15) is 4.79 Å². The van der Waals surface area contributed by atoms with Crippen LogP contribution in [0, 0.1) is 6.92 Å². The summed E-state index contributed by atoms with van der Waals surface area (Å²) in [5.41, 5.74) is 1.18. The number of thiophene rings is 1. The van der Waals surface area contributed by atoms with Crippen LogP contribution in [-0.2, 0) is 20.7 Å². The molecule has 4 heterocycles. The van der Waals surface area contributed by atoms with Gasteiger partial charge in [-0.2, -0.15) is 5.10 Å². The molecule has 2 atom stereocenters. The molecule has 0 radical (unpaired) electrons. The zero-order valence-electron chi connectivity index (χ0n) is 13.5. The second-order valence-corrected chi connectivity index (χ2v) is 7.09. The molecule has 24 heavy (non-hydrogen) atoms. The van der Waals surface area contributed by atoms with Crippen molar-refractivity contribution in [2.75, 3.05) is 26.3 Å². The number of H-pyrrole nitrogens is 1. The summed E-state index contributed by atoms with van der Waals surface area (Å²) in [5, 5.41) is 9.05. The van der Waals surface area contributed by atoms with Crippen molar-refractivity contribution >= 4 is 17.2 Å². The molecule has 2 aliphatic heterocycles. The zero-order chi connectivity index (χ0) is 16.5. The van der Waals surface area contributed by atoms with Crippen molar-refractivity contribution in [1.82, 2.24) is 20.1 Å². The summed E-state index contributed by atoms with van der Waals surface area (Å²) < 4.78 is 11.6. The third-order valence-electron chi connectivity index (χ3n) is 4.46. The number of amides is 1. The molecule has 0 aromatic carbocycles. The van der Waals surface area contributed by atoms with Gasteiger partial charge in [0.05, 0.1) is 32.3 Å². The lowest BCUT2D eigenvalue weighted by molar-refractivity contribution is -0.142. The third-order valence-corrected chi connectivity index (χ3v) is 5.45. The van der Waals surface area contributed by atoms with Crippen LogP contribution in [0.15, 0.2) is 11.4 Å². The van der Waals surface area contributed by atoms with Crippen LogP contribution in [0.4, 0.5) is 0 Å². The second kappa shape index (κ2) is 6.62. The molecule has 0 spiro atoms. The van der Waals surface area contributed by atoms with Gasteiger partial charge in [-0.3, -0.25) is 9.89 Å². The van der Waals surface area contributed by atoms with Crippen molar-refractivity contribution in [1.29, 1.82) is 0 Å². The maximum atomic E-state index is 12.7. The number of aryl methyl sites for hydroxylation is 1. The first-order valence-corrected chi connectivity index (χ1v) is 9.05. The Labute approximate surface area is 144 Å². The zero-order valence-corrected chi connectivity index (χ0v) is 14.3. The largest absolute Gasteiger partial charge is 0.373 e. The lowest BCUT2D eigenvalue weighted by Crippen LogP contribution is -2.43. The Morgan fingerprint density at radius 1 is 1.46 bits per heavy atom. The van der Waals surface area contributed by atoms with Gasteiger partial charge in [-0.25, -0.2) is 4.98 Å². The summed E-state index contributed by atoms with van der Waals surface area (Å²) in [7, 11) is 0. The van der Waals surface area contributed by atoms with E-state index >= 15 is 0 Å². The molecular weight excluding hydrogens is 328 g/mol. The van der Waals surface area contributed by atoms with E-state index in [1.54, 1.807) is 11.3 Å². The number of morpholine rings is 1. The van der Waals surface area contributed by atoms with Crippen LogP contribution in [0.5, 0.6) is 0 Å². The van der Waals surface area contributed by atoms with Gasteiger partial charge in [0.25, 0.3) is 0 Å². The number of aromatic amines is 1. The smallest absolute Gasteiger partial charge is 0.225 e. The van der Waals surface area contributed by atoms with Crippen LogP contribution in [0.1, 0.15) is 40.7 Å². The van der Waals surface area contributed by atoms with Crippen LogP contribution in [0.2, 0.25) is 0 Å². The number of aromatic nitrogens is 3. The van der Waals surface area contributed by atoms with E-state index in [4.69, 9.17) is 9.47 Å². The fourth-order valence-electron chi connectivity index (χ4n) is 3.22. The second-order valence-electron chi connectivity index (χ2n) is 6.09. The van der Waals surface area contributed by atoms with Crippen molar-refractivity contribution < 1.29 is 14.3 Å². The SMILES string of the molecule is Cc1nc([C@H]2CN(C(=O)C[C@H]3OCCc4sccc43)CCO2)n[nH]1. The van der Waals surface area contributed by atoms with Gasteiger partial charge in [0.1, 0.15) is 11.9 Å². The Morgan fingerprint density at radius 3 is 3.21 bits per heavy atom. The van der Waals surface area contributed by atoms with Crippen molar-refractivity contribution in [2.45, 2.75) is 32.0 Å². The van der Waals surface area contributed by atoms with Crippen LogP contribution in [0.25, 0.3) is 0 Å². The highest BCUT2D eigenvalue weighted by molar-refractivity contribution is 7.10. The third kappa shape index (κ3) is 3.09. The fraction of sp³-hybridized carbons (Fsp3) is 0.562. The first kappa shape index (κ1) is 15.7. The van der Waals surface area contributed by atoms with E-state index in [0.717, 1.165) is 12.2 Å². The minimum Gasteiger partial charge on any atom is -0.373 e. The molecule has 0 saturated carbocycles. The molecule has 0 bridgehead atoms.